The fourth-order valence-corrected chi connectivity index (χ4v) is 4.43. The van der Waals surface area contributed by atoms with Crippen molar-refractivity contribution >= 4 is 23.4 Å². The Morgan fingerprint density at radius 1 is 1.31 bits per heavy atom. The van der Waals surface area contributed by atoms with Crippen molar-refractivity contribution in [2.75, 3.05) is 16.8 Å². The van der Waals surface area contributed by atoms with Crippen LogP contribution in [0.5, 0.6) is 0 Å². The average Bonchev–Trinajstić information content (AvgIpc) is 2.67. The number of hydrogen-bond acceptors (Lipinski definition) is 3. The van der Waals surface area contributed by atoms with Crippen molar-refractivity contribution in [1.82, 2.24) is 0 Å². The Kier molecular flexibility index (Phi) is 5.79. The van der Waals surface area contributed by atoms with Gasteiger partial charge >= 0.3 is 0 Å². The van der Waals surface area contributed by atoms with Crippen molar-refractivity contribution < 1.29 is 4.79 Å². The molecule has 29 heavy (non-hydrogen) atoms. The van der Waals surface area contributed by atoms with E-state index < -0.39 is 0 Å². The number of nitriles is 1. The van der Waals surface area contributed by atoms with Crippen LogP contribution in [0.15, 0.2) is 48.0 Å². The third kappa shape index (κ3) is 4.19. The molecule has 150 valence electrons. The summed E-state index contributed by atoms with van der Waals surface area (Å²) in [6.45, 7) is 12.0. The number of aryl methyl sites for hydroxylation is 1. The highest BCUT2D eigenvalue weighted by molar-refractivity contribution is 6.09. The molecule has 0 spiro atoms. The first-order valence-electron chi connectivity index (χ1n) is 10.2. The molecule has 0 bridgehead atoms. The van der Waals surface area contributed by atoms with E-state index in [1.807, 2.05) is 25.1 Å². The second-order valence-electron chi connectivity index (χ2n) is 8.42. The van der Waals surface area contributed by atoms with Crippen molar-refractivity contribution in [3.63, 3.8) is 0 Å². The maximum Gasteiger partial charge on any atom is 0.266 e. The second kappa shape index (κ2) is 8.13. The molecule has 1 aliphatic rings. The first-order valence-corrected chi connectivity index (χ1v) is 10.2. The van der Waals surface area contributed by atoms with Gasteiger partial charge in [-0.25, -0.2) is 0 Å². The van der Waals surface area contributed by atoms with Gasteiger partial charge in [0, 0.05) is 23.5 Å². The number of hydrogen-bond donors (Lipinski definition) is 1. The Labute approximate surface area is 173 Å². The van der Waals surface area contributed by atoms with E-state index in [9.17, 15) is 10.1 Å². The van der Waals surface area contributed by atoms with Crippen LogP contribution >= 0.6 is 0 Å². The summed E-state index contributed by atoms with van der Waals surface area (Å²) >= 11 is 0. The number of benzene rings is 2. The molecule has 4 heteroatoms. The summed E-state index contributed by atoms with van der Waals surface area (Å²) in [6.07, 6.45) is 2.77. The Morgan fingerprint density at radius 3 is 2.62 bits per heavy atom. The van der Waals surface area contributed by atoms with E-state index in [1.165, 1.54) is 11.3 Å². The molecule has 0 fully saturated rings. The maximum atomic E-state index is 12.6. The van der Waals surface area contributed by atoms with E-state index in [0.29, 0.717) is 11.6 Å². The largest absolute Gasteiger partial charge is 0.366 e. The van der Waals surface area contributed by atoms with Crippen LogP contribution in [-0.4, -0.2) is 18.0 Å². The number of para-hydroxylation sites is 1. The van der Waals surface area contributed by atoms with Gasteiger partial charge in [0.1, 0.15) is 11.6 Å². The molecular weight excluding hydrogens is 358 g/mol. The lowest BCUT2D eigenvalue weighted by molar-refractivity contribution is -0.112. The zero-order chi connectivity index (χ0) is 21.2. The second-order valence-corrected chi connectivity index (χ2v) is 8.42. The lowest BCUT2D eigenvalue weighted by atomic mass is 9.79. The molecule has 3 rings (SSSR count). The smallest absolute Gasteiger partial charge is 0.266 e. The number of amides is 1. The molecule has 0 aromatic heterocycles. The molecule has 1 amide bonds. The Bertz CT molecular complexity index is 983. The normalized spacial score (nSPS) is 18.0. The third-order valence-corrected chi connectivity index (χ3v) is 5.79. The molecule has 2 aromatic rings. The predicted molar refractivity (Wildman–Crippen MR) is 120 cm³/mol. The summed E-state index contributed by atoms with van der Waals surface area (Å²) in [5.74, 6) is 0.0272. The highest BCUT2D eigenvalue weighted by Crippen LogP contribution is 2.44. The van der Waals surface area contributed by atoms with Gasteiger partial charge in [0.15, 0.2) is 0 Å². The summed E-state index contributed by atoms with van der Waals surface area (Å²) in [6, 6.07) is 15.6. The first-order chi connectivity index (χ1) is 13.8. The first kappa shape index (κ1) is 20.7. The molecule has 0 saturated carbocycles. The van der Waals surface area contributed by atoms with Crippen molar-refractivity contribution in [2.24, 2.45) is 0 Å². The van der Waals surface area contributed by atoms with Crippen molar-refractivity contribution in [2.45, 2.75) is 52.5 Å². The fraction of sp³-hybridized carbons (Fsp3) is 0.360. The minimum Gasteiger partial charge on any atom is -0.366 e. The highest BCUT2D eigenvalue weighted by Gasteiger charge is 2.35. The van der Waals surface area contributed by atoms with Gasteiger partial charge in [0.25, 0.3) is 5.91 Å². The summed E-state index contributed by atoms with van der Waals surface area (Å²) in [4.78, 5) is 15.0. The summed E-state index contributed by atoms with van der Waals surface area (Å²) in [5, 5.41) is 12.4. The lowest BCUT2D eigenvalue weighted by Gasteiger charge is -2.47. The van der Waals surface area contributed by atoms with E-state index >= 15 is 0 Å². The number of nitrogens with zero attached hydrogens (tertiary/aromatic N) is 2. The van der Waals surface area contributed by atoms with Crippen LogP contribution in [0, 0.1) is 18.3 Å². The average molecular weight is 388 g/mol. The van der Waals surface area contributed by atoms with Gasteiger partial charge in [-0.1, -0.05) is 25.1 Å². The fourth-order valence-electron chi connectivity index (χ4n) is 4.43. The molecule has 1 atom stereocenters. The zero-order valence-corrected chi connectivity index (χ0v) is 17.9. The van der Waals surface area contributed by atoms with Gasteiger partial charge in [-0.05, 0) is 87.1 Å². The molecule has 4 nitrogen and oxygen atoms in total. The van der Waals surface area contributed by atoms with Crippen LogP contribution < -0.4 is 10.2 Å². The van der Waals surface area contributed by atoms with Crippen LogP contribution in [0.25, 0.3) is 6.08 Å². The Hall–Kier alpha value is -3.06. The lowest BCUT2D eigenvalue weighted by Crippen LogP contribution is -2.48. The minimum atomic E-state index is -0.389. The van der Waals surface area contributed by atoms with Gasteiger partial charge in [-0.3, -0.25) is 4.79 Å². The van der Waals surface area contributed by atoms with E-state index in [0.717, 1.165) is 24.1 Å². The van der Waals surface area contributed by atoms with Gasteiger partial charge in [-0.15, -0.1) is 0 Å². The molecule has 1 N–H and O–H groups in total. The summed E-state index contributed by atoms with van der Waals surface area (Å²) < 4.78 is 0. The van der Waals surface area contributed by atoms with Crippen LogP contribution in [0.1, 0.15) is 56.7 Å². The number of fused-ring (bicyclic) bond motifs is 1. The highest BCUT2D eigenvalue weighted by atomic mass is 16.1. The predicted octanol–water partition coefficient (Wildman–Crippen LogP) is 5.65. The maximum absolute atomic E-state index is 12.6. The standard InChI is InChI=1S/C25H29N3O/c1-6-28-23-12-17(2)19(14-22(23)18(3)15-25(28,4)5)13-20(16-26)24(29)27-21-10-8-7-9-11-21/h7-14,18H,6,15H2,1-5H3,(H,27,29)/b20-13-/t18-/m1/s1. The number of anilines is 2. The van der Waals surface area contributed by atoms with E-state index in [-0.39, 0.29) is 17.0 Å². The van der Waals surface area contributed by atoms with Crippen molar-refractivity contribution in [1.29, 1.82) is 5.26 Å². The monoisotopic (exact) mass is 387 g/mol. The number of carbonyl (C=O) groups excluding carboxylic acids is 1. The van der Waals surface area contributed by atoms with Crippen LogP contribution in [-0.2, 0) is 4.79 Å². The molecule has 0 radical (unpaired) electrons. The van der Waals surface area contributed by atoms with E-state index in [2.05, 4.69) is 56.1 Å². The number of rotatable bonds is 4. The molecule has 1 heterocycles. The molecule has 1 aliphatic heterocycles. The van der Waals surface area contributed by atoms with Gasteiger partial charge in [0.05, 0.1) is 0 Å². The topological polar surface area (TPSA) is 56.1 Å². The minimum absolute atomic E-state index is 0.105. The third-order valence-electron chi connectivity index (χ3n) is 5.79. The van der Waals surface area contributed by atoms with Crippen molar-refractivity contribution in [3.05, 3.63) is 64.7 Å². The van der Waals surface area contributed by atoms with Gasteiger partial charge in [0.2, 0.25) is 0 Å². The van der Waals surface area contributed by atoms with E-state index in [4.69, 9.17) is 0 Å². The van der Waals surface area contributed by atoms with Crippen molar-refractivity contribution in [3.8, 4) is 6.07 Å². The Morgan fingerprint density at radius 2 is 2.00 bits per heavy atom. The van der Waals surface area contributed by atoms with E-state index in [1.54, 1.807) is 18.2 Å². The molecule has 0 saturated heterocycles. The SMILES string of the molecule is CCN1c2cc(C)c(/C=C(/C#N)C(=O)Nc3ccccc3)cc2[C@H](C)CC1(C)C. The molecular formula is C25H29N3O. The van der Waals surface area contributed by atoms with Crippen LogP contribution in [0.3, 0.4) is 0 Å². The van der Waals surface area contributed by atoms with Crippen LogP contribution in [0.4, 0.5) is 11.4 Å². The Balaban J connectivity index is 1.98. The summed E-state index contributed by atoms with van der Waals surface area (Å²) in [7, 11) is 0. The van der Waals surface area contributed by atoms with Gasteiger partial charge in [-0.2, -0.15) is 5.26 Å². The molecule has 0 unspecified atom stereocenters. The quantitative estimate of drug-likeness (QED) is 0.544. The summed E-state index contributed by atoms with van der Waals surface area (Å²) in [5.41, 5.74) is 5.42. The van der Waals surface area contributed by atoms with Gasteiger partial charge < -0.3 is 10.2 Å². The van der Waals surface area contributed by atoms with Crippen LogP contribution in [0.2, 0.25) is 0 Å². The number of nitrogens with one attached hydrogen (secondary N) is 1. The number of carbonyl (C=O) groups is 1. The molecule has 2 aromatic carbocycles. The molecule has 0 aliphatic carbocycles. The zero-order valence-electron chi connectivity index (χ0n) is 17.9.